The molecule has 94 valence electrons. The zero-order valence-corrected chi connectivity index (χ0v) is 11.0. The lowest BCUT2D eigenvalue weighted by molar-refractivity contribution is -0.119. The summed E-state index contributed by atoms with van der Waals surface area (Å²) < 4.78 is 2.82. The Hall–Kier alpha value is -1.62. The Kier molecular flexibility index (Phi) is 2.70. The third-order valence-corrected chi connectivity index (χ3v) is 3.80. The maximum atomic E-state index is 11.2. The van der Waals surface area contributed by atoms with E-state index in [0.717, 1.165) is 28.8 Å². The van der Waals surface area contributed by atoms with Crippen LogP contribution in [0.4, 0.5) is 0 Å². The molecule has 18 heavy (non-hydrogen) atoms. The first-order chi connectivity index (χ1) is 8.65. The molecule has 2 heterocycles. The van der Waals surface area contributed by atoms with E-state index < -0.39 is 0 Å². The van der Waals surface area contributed by atoms with Gasteiger partial charge in [0.05, 0.1) is 11.0 Å². The van der Waals surface area contributed by atoms with Crippen LogP contribution in [0.25, 0.3) is 11.0 Å². The van der Waals surface area contributed by atoms with Gasteiger partial charge in [-0.25, -0.2) is 0 Å². The number of benzene rings is 1. The number of carbonyl (C=O) groups excluding carboxylic acids is 1. The average molecular weight is 261 g/mol. The number of imidazole rings is 1. The first-order valence-electron chi connectivity index (χ1n) is 6.12. The highest BCUT2D eigenvalue weighted by Crippen LogP contribution is 2.20. The quantitative estimate of drug-likeness (QED) is 0.815. The Morgan fingerprint density at radius 2 is 2.33 bits per heavy atom. The van der Waals surface area contributed by atoms with E-state index in [4.69, 9.17) is 12.2 Å². The van der Waals surface area contributed by atoms with Gasteiger partial charge in [0.15, 0.2) is 4.77 Å². The van der Waals surface area contributed by atoms with E-state index in [0.29, 0.717) is 6.42 Å². The zero-order valence-electron chi connectivity index (χ0n) is 10.2. The lowest BCUT2D eigenvalue weighted by Crippen LogP contribution is -2.29. The summed E-state index contributed by atoms with van der Waals surface area (Å²) >= 11 is 5.37. The van der Waals surface area contributed by atoms with E-state index in [2.05, 4.69) is 27.9 Å². The fourth-order valence-corrected chi connectivity index (χ4v) is 2.89. The molecular formula is C13H15N3OS. The van der Waals surface area contributed by atoms with Crippen LogP contribution in [0.15, 0.2) is 18.2 Å². The van der Waals surface area contributed by atoms with E-state index in [1.54, 1.807) is 0 Å². The number of hydrogen-bond donors (Lipinski definition) is 2. The molecule has 0 saturated carbocycles. The number of H-pyrrole nitrogens is 1. The summed E-state index contributed by atoms with van der Waals surface area (Å²) in [5, 5.41) is 2.98. The number of rotatable bonds is 2. The van der Waals surface area contributed by atoms with Gasteiger partial charge in [-0.3, -0.25) is 4.79 Å². The van der Waals surface area contributed by atoms with Crippen LogP contribution in [0.5, 0.6) is 0 Å². The Bertz CT molecular complexity index is 670. The molecule has 5 heteroatoms. The summed E-state index contributed by atoms with van der Waals surface area (Å²) in [4.78, 5) is 14.5. The van der Waals surface area contributed by atoms with Crippen molar-refractivity contribution in [3.8, 4) is 0 Å². The minimum atomic E-state index is 0.142. The fraction of sp³-hybridized carbons (Fsp3) is 0.385. The molecule has 1 amide bonds. The summed E-state index contributed by atoms with van der Waals surface area (Å²) in [5.74, 6) is 0.142. The Morgan fingerprint density at radius 1 is 1.50 bits per heavy atom. The molecule has 1 atom stereocenters. The normalized spacial score (nSPS) is 19.4. The monoisotopic (exact) mass is 261 g/mol. The van der Waals surface area contributed by atoms with Crippen molar-refractivity contribution in [1.29, 1.82) is 0 Å². The van der Waals surface area contributed by atoms with Crippen LogP contribution < -0.4 is 5.32 Å². The molecule has 0 spiro atoms. The molecular weight excluding hydrogens is 246 g/mol. The molecule has 1 aromatic heterocycles. The number of para-hydroxylation sites is 1. The summed E-state index contributed by atoms with van der Waals surface area (Å²) in [6.45, 7) is 2.82. The van der Waals surface area contributed by atoms with E-state index in [1.807, 2.05) is 12.1 Å². The second-order valence-electron chi connectivity index (χ2n) is 4.81. The van der Waals surface area contributed by atoms with E-state index in [1.165, 1.54) is 5.56 Å². The van der Waals surface area contributed by atoms with Crippen molar-refractivity contribution in [1.82, 2.24) is 14.9 Å². The Balaban J connectivity index is 2.03. The highest BCUT2D eigenvalue weighted by atomic mass is 32.1. The van der Waals surface area contributed by atoms with Crippen molar-refractivity contribution >= 4 is 29.2 Å². The van der Waals surface area contributed by atoms with Crippen LogP contribution >= 0.6 is 12.2 Å². The fourth-order valence-electron chi connectivity index (χ4n) is 2.61. The van der Waals surface area contributed by atoms with Gasteiger partial charge >= 0.3 is 0 Å². The van der Waals surface area contributed by atoms with Gasteiger partial charge in [0.2, 0.25) is 5.91 Å². The number of amides is 1. The van der Waals surface area contributed by atoms with Crippen LogP contribution in [0.2, 0.25) is 0 Å². The predicted octanol–water partition coefficient (Wildman–Crippen LogP) is 2.29. The van der Waals surface area contributed by atoms with E-state index >= 15 is 0 Å². The summed E-state index contributed by atoms with van der Waals surface area (Å²) in [5.41, 5.74) is 3.40. The Morgan fingerprint density at radius 3 is 3.06 bits per heavy atom. The van der Waals surface area contributed by atoms with Crippen molar-refractivity contribution < 1.29 is 4.79 Å². The smallest absolute Gasteiger partial charge is 0.220 e. The van der Waals surface area contributed by atoms with Crippen molar-refractivity contribution in [3.05, 3.63) is 28.5 Å². The molecule has 2 N–H and O–H groups in total. The van der Waals surface area contributed by atoms with E-state index in [9.17, 15) is 4.79 Å². The van der Waals surface area contributed by atoms with Crippen LogP contribution in [0.3, 0.4) is 0 Å². The third-order valence-electron chi connectivity index (χ3n) is 3.48. The summed E-state index contributed by atoms with van der Waals surface area (Å²) in [6.07, 6.45) is 1.51. The maximum absolute atomic E-state index is 11.2. The highest BCUT2D eigenvalue weighted by molar-refractivity contribution is 7.71. The van der Waals surface area contributed by atoms with Gasteiger partial charge in [0.25, 0.3) is 0 Å². The molecule has 1 unspecified atom stereocenters. The molecule has 1 aliphatic heterocycles. The number of aromatic nitrogens is 2. The van der Waals surface area contributed by atoms with E-state index in [-0.39, 0.29) is 11.9 Å². The first-order valence-corrected chi connectivity index (χ1v) is 6.53. The van der Waals surface area contributed by atoms with Crippen LogP contribution in [-0.4, -0.2) is 21.5 Å². The largest absolute Gasteiger partial charge is 0.352 e. The summed E-state index contributed by atoms with van der Waals surface area (Å²) in [7, 11) is 0. The molecule has 1 aromatic carbocycles. The molecule has 1 aliphatic rings. The van der Waals surface area contributed by atoms with Crippen molar-refractivity contribution in [2.75, 3.05) is 0 Å². The minimum absolute atomic E-state index is 0.142. The second kappa shape index (κ2) is 4.24. The number of aryl methyl sites for hydroxylation is 1. The molecule has 0 radical (unpaired) electrons. The number of aromatic amines is 1. The van der Waals surface area contributed by atoms with Gasteiger partial charge in [-0.05, 0) is 37.2 Å². The van der Waals surface area contributed by atoms with Gasteiger partial charge in [0.1, 0.15) is 0 Å². The number of nitrogens with zero attached hydrogens (tertiary/aromatic N) is 1. The lowest BCUT2D eigenvalue weighted by Gasteiger charge is -2.12. The topological polar surface area (TPSA) is 49.8 Å². The Labute approximate surface area is 110 Å². The molecule has 0 aliphatic carbocycles. The van der Waals surface area contributed by atoms with Crippen LogP contribution in [0, 0.1) is 11.7 Å². The number of nitrogens with one attached hydrogen (secondary N) is 2. The lowest BCUT2D eigenvalue weighted by atomic mass is 10.2. The van der Waals surface area contributed by atoms with Gasteiger partial charge in [-0.15, -0.1) is 0 Å². The van der Waals surface area contributed by atoms with Crippen LogP contribution in [-0.2, 0) is 11.3 Å². The van der Waals surface area contributed by atoms with Crippen LogP contribution in [0.1, 0.15) is 18.4 Å². The van der Waals surface area contributed by atoms with Crippen molar-refractivity contribution in [3.63, 3.8) is 0 Å². The molecule has 2 aromatic rings. The maximum Gasteiger partial charge on any atom is 0.220 e. The van der Waals surface area contributed by atoms with Crippen molar-refractivity contribution in [2.45, 2.75) is 32.4 Å². The predicted molar refractivity (Wildman–Crippen MR) is 73.0 cm³/mol. The molecule has 0 bridgehead atoms. The standard InChI is InChI=1S/C13H15N3OS/c1-8-3-2-4-10-12(8)16(13(18)15-10)7-9-5-6-11(17)14-9/h2-4,9H,5-7H2,1H3,(H,14,17)(H,15,18). The molecule has 1 fully saturated rings. The van der Waals surface area contributed by atoms with Gasteiger partial charge in [-0.1, -0.05) is 12.1 Å². The number of hydrogen-bond acceptors (Lipinski definition) is 2. The molecule has 3 rings (SSSR count). The average Bonchev–Trinajstić information content (AvgIpc) is 2.85. The van der Waals surface area contributed by atoms with Gasteiger partial charge in [0, 0.05) is 19.0 Å². The third kappa shape index (κ3) is 1.84. The minimum Gasteiger partial charge on any atom is -0.352 e. The van der Waals surface area contributed by atoms with Gasteiger partial charge in [-0.2, -0.15) is 0 Å². The molecule has 4 nitrogen and oxygen atoms in total. The number of carbonyl (C=O) groups is 1. The second-order valence-corrected chi connectivity index (χ2v) is 5.20. The highest BCUT2D eigenvalue weighted by Gasteiger charge is 2.22. The molecule has 1 saturated heterocycles. The summed E-state index contributed by atoms with van der Waals surface area (Å²) in [6, 6.07) is 6.32. The zero-order chi connectivity index (χ0) is 12.7. The SMILES string of the molecule is Cc1cccc2[nH]c(=S)n(CC3CCC(=O)N3)c12. The van der Waals surface area contributed by atoms with Gasteiger partial charge < -0.3 is 14.9 Å². The number of fused-ring (bicyclic) bond motifs is 1. The van der Waals surface area contributed by atoms with Crippen molar-refractivity contribution in [2.24, 2.45) is 0 Å². The first kappa shape index (κ1) is 11.5.